The maximum atomic E-state index is 12.2. The molecule has 0 fully saturated rings. The van der Waals surface area contributed by atoms with E-state index in [1.54, 1.807) is 7.11 Å². The molecule has 3 heteroatoms. The highest BCUT2D eigenvalue weighted by atomic mass is 16.5. The highest BCUT2D eigenvalue weighted by Crippen LogP contribution is 2.43. The van der Waals surface area contributed by atoms with Crippen LogP contribution in [0.5, 0.6) is 0 Å². The number of unbranched alkanes of at least 4 members (excludes halogenated alkanes) is 2. The number of hydrogen-bond acceptors (Lipinski definition) is 2. The molecule has 0 aromatic heterocycles. The van der Waals surface area contributed by atoms with E-state index in [1.807, 2.05) is 6.08 Å². The van der Waals surface area contributed by atoms with Gasteiger partial charge in [0.05, 0.1) is 5.41 Å². The van der Waals surface area contributed by atoms with Gasteiger partial charge < -0.3 is 9.84 Å². The largest absolute Gasteiger partial charge is 0.481 e. The molecule has 0 saturated heterocycles. The van der Waals surface area contributed by atoms with Crippen LogP contribution in [0.1, 0.15) is 72.1 Å². The van der Waals surface area contributed by atoms with Crippen molar-refractivity contribution < 1.29 is 14.6 Å². The second-order valence-corrected chi connectivity index (χ2v) is 7.55. The number of ether oxygens (including phenoxy) is 1. The van der Waals surface area contributed by atoms with Gasteiger partial charge in [-0.1, -0.05) is 70.3 Å². The first-order valence-corrected chi connectivity index (χ1v) is 9.58. The summed E-state index contributed by atoms with van der Waals surface area (Å²) in [5.74, 6) is 0.0264. The van der Waals surface area contributed by atoms with E-state index >= 15 is 0 Å². The molecule has 24 heavy (non-hydrogen) atoms. The maximum absolute atomic E-state index is 12.2. The smallest absolute Gasteiger partial charge is 0.314 e. The Morgan fingerprint density at radius 2 is 2.08 bits per heavy atom. The molecule has 0 aromatic carbocycles. The van der Waals surface area contributed by atoms with E-state index in [2.05, 4.69) is 32.9 Å². The summed E-state index contributed by atoms with van der Waals surface area (Å²) in [4.78, 5) is 12.2. The lowest BCUT2D eigenvalue weighted by molar-refractivity contribution is -0.149. The Kier molecular flexibility index (Phi) is 9.35. The van der Waals surface area contributed by atoms with E-state index in [4.69, 9.17) is 4.74 Å². The van der Waals surface area contributed by atoms with Gasteiger partial charge in [-0.3, -0.25) is 4.79 Å². The molecule has 1 N–H and O–H groups in total. The Balaban J connectivity index is 2.87. The topological polar surface area (TPSA) is 46.5 Å². The Labute approximate surface area is 148 Å². The first-order valence-electron chi connectivity index (χ1n) is 9.58. The van der Waals surface area contributed by atoms with E-state index in [0.717, 1.165) is 44.9 Å². The maximum Gasteiger partial charge on any atom is 0.314 e. The average Bonchev–Trinajstić information content (AvgIpc) is 2.55. The molecule has 0 spiro atoms. The molecule has 0 bridgehead atoms. The molecule has 0 heterocycles. The van der Waals surface area contributed by atoms with Crippen molar-refractivity contribution >= 4 is 5.97 Å². The normalized spacial score (nSPS) is 23.5. The lowest BCUT2D eigenvalue weighted by Crippen LogP contribution is -2.38. The third kappa shape index (κ3) is 6.08. The predicted octanol–water partition coefficient (Wildman–Crippen LogP) is 5.61. The molecule has 2 unspecified atom stereocenters. The van der Waals surface area contributed by atoms with E-state index in [1.165, 1.54) is 12.0 Å². The molecule has 1 aliphatic carbocycles. The van der Waals surface area contributed by atoms with Gasteiger partial charge in [0, 0.05) is 13.7 Å². The first-order chi connectivity index (χ1) is 11.5. The number of aliphatic carboxylic acids is 1. The van der Waals surface area contributed by atoms with Crippen LogP contribution < -0.4 is 0 Å². The number of carboxylic acids is 1. The number of carboxylic acid groups (broad SMARTS) is 1. The Hall–Kier alpha value is -1.09. The average molecular weight is 337 g/mol. The Morgan fingerprint density at radius 1 is 1.33 bits per heavy atom. The summed E-state index contributed by atoms with van der Waals surface area (Å²) < 4.78 is 5.24. The molecule has 1 aliphatic rings. The predicted molar refractivity (Wildman–Crippen MR) is 100 cm³/mol. The van der Waals surface area contributed by atoms with Gasteiger partial charge in [0.15, 0.2) is 0 Å². The SMILES string of the molecule is CCCCC1=CC(CCOC)C(CCCCC(C)C)(C(=O)O)C=C1. The van der Waals surface area contributed by atoms with Crippen molar-refractivity contribution in [3.05, 3.63) is 23.8 Å². The minimum absolute atomic E-state index is 0.0332. The number of carbonyl (C=O) groups is 1. The minimum Gasteiger partial charge on any atom is -0.481 e. The standard InChI is InChI=1S/C21H36O3/c1-5-6-10-18-11-14-21(20(22)23,13-8-7-9-17(2)3)19(16-18)12-15-24-4/h11,14,16-17,19H,5-10,12-13,15H2,1-4H3,(H,22,23). The fraction of sp³-hybridized carbons (Fsp3) is 0.762. The Morgan fingerprint density at radius 3 is 2.67 bits per heavy atom. The lowest BCUT2D eigenvalue weighted by Gasteiger charge is -2.36. The van der Waals surface area contributed by atoms with Crippen LogP contribution in [0.15, 0.2) is 23.8 Å². The van der Waals surface area contributed by atoms with Crippen molar-refractivity contribution in [3.8, 4) is 0 Å². The second-order valence-electron chi connectivity index (χ2n) is 7.55. The summed E-state index contributed by atoms with van der Waals surface area (Å²) in [5.41, 5.74) is 0.530. The fourth-order valence-corrected chi connectivity index (χ4v) is 3.55. The van der Waals surface area contributed by atoms with Crippen molar-refractivity contribution in [1.29, 1.82) is 0 Å². The number of methoxy groups -OCH3 is 1. The van der Waals surface area contributed by atoms with Gasteiger partial charge in [-0.05, 0) is 37.5 Å². The molecule has 0 aromatic rings. The highest BCUT2D eigenvalue weighted by Gasteiger charge is 2.43. The van der Waals surface area contributed by atoms with Crippen LogP contribution in [-0.4, -0.2) is 24.8 Å². The number of allylic oxidation sites excluding steroid dienone is 3. The molecule has 3 nitrogen and oxygen atoms in total. The fourth-order valence-electron chi connectivity index (χ4n) is 3.55. The first kappa shape index (κ1) is 21.0. The van der Waals surface area contributed by atoms with Gasteiger partial charge in [0.25, 0.3) is 0 Å². The molecule has 0 radical (unpaired) electrons. The van der Waals surface area contributed by atoms with Crippen LogP contribution in [0, 0.1) is 17.3 Å². The van der Waals surface area contributed by atoms with E-state index in [9.17, 15) is 9.90 Å². The van der Waals surface area contributed by atoms with Crippen molar-refractivity contribution in [1.82, 2.24) is 0 Å². The molecular weight excluding hydrogens is 300 g/mol. The lowest BCUT2D eigenvalue weighted by atomic mass is 9.67. The van der Waals surface area contributed by atoms with Crippen LogP contribution in [0.25, 0.3) is 0 Å². The molecule has 1 rings (SSSR count). The van der Waals surface area contributed by atoms with Gasteiger partial charge in [0.1, 0.15) is 0 Å². The Bertz CT molecular complexity index is 436. The minimum atomic E-state index is -0.759. The van der Waals surface area contributed by atoms with Crippen LogP contribution in [0.3, 0.4) is 0 Å². The molecule has 138 valence electrons. The third-order valence-corrected chi connectivity index (χ3v) is 5.14. The van der Waals surface area contributed by atoms with Crippen LogP contribution in [-0.2, 0) is 9.53 Å². The zero-order chi connectivity index (χ0) is 18.0. The second kappa shape index (κ2) is 10.7. The van der Waals surface area contributed by atoms with E-state index < -0.39 is 11.4 Å². The molecule has 0 aliphatic heterocycles. The summed E-state index contributed by atoms with van der Waals surface area (Å²) >= 11 is 0. The monoisotopic (exact) mass is 336 g/mol. The van der Waals surface area contributed by atoms with Crippen LogP contribution >= 0.6 is 0 Å². The zero-order valence-electron chi connectivity index (χ0n) is 16.0. The van der Waals surface area contributed by atoms with Crippen molar-refractivity contribution in [2.24, 2.45) is 17.3 Å². The molecule has 0 saturated carbocycles. The number of rotatable bonds is 12. The van der Waals surface area contributed by atoms with Gasteiger partial charge in [-0.2, -0.15) is 0 Å². The zero-order valence-corrected chi connectivity index (χ0v) is 16.0. The van der Waals surface area contributed by atoms with Crippen molar-refractivity contribution in [3.63, 3.8) is 0 Å². The summed E-state index contributed by atoms with van der Waals surface area (Å²) in [6.07, 6.45) is 14.3. The molecular formula is C21H36O3. The van der Waals surface area contributed by atoms with Crippen LogP contribution in [0.2, 0.25) is 0 Å². The van der Waals surface area contributed by atoms with Gasteiger partial charge in [-0.25, -0.2) is 0 Å². The number of hydrogen-bond donors (Lipinski definition) is 1. The molecule has 2 atom stereocenters. The van der Waals surface area contributed by atoms with Crippen molar-refractivity contribution in [2.45, 2.75) is 72.1 Å². The summed E-state index contributed by atoms with van der Waals surface area (Å²) in [5, 5.41) is 10.0. The third-order valence-electron chi connectivity index (χ3n) is 5.14. The quantitative estimate of drug-likeness (QED) is 0.471. The molecule has 0 amide bonds. The van der Waals surface area contributed by atoms with E-state index in [-0.39, 0.29) is 5.92 Å². The van der Waals surface area contributed by atoms with Gasteiger partial charge >= 0.3 is 5.97 Å². The van der Waals surface area contributed by atoms with Gasteiger partial charge in [0.2, 0.25) is 0 Å². The summed E-state index contributed by atoms with van der Waals surface area (Å²) in [6.45, 7) is 7.23. The van der Waals surface area contributed by atoms with Gasteiger partial charge in [-0.15, -0.1) is 0 Å². The summed E-state index contributed by atoms with van der Waals surface area (Å²) in [6, 6.07) is 0. The summed E-state index contributed by atoms with van der Waals surface area (Å²) in [7, 11) is 1.69. The highest BCUT2D eigenvalue weighted by molar-refractivity contribution is 5.78. The van der Waals surface area contributed by atoms with Crippen molar-refractivity contribution in [2.75, 3.05) is 13.7 Å². The van der Waals surface area contributed by atoms with E-state index in [0.29, 0.717) is 12.5 Å². The van der Waals surface area contributed by atoms with Crippen LogP contribution in [0.4, 0.5) is 0 Å².